The van der Waals surface area contributed by atoms with Crippen molar-refractivity contribution in [1.29, 1.82) is 0 Å². The number of aliphatic hydroxyl groups is 4. The van der Waals surface area contributed by atoms with E-state index < -0.39 is 67.1 Å². The van der Waals surface area contributed by atoms with Crippen LogP contribution >= 0.6 is 11.8 Å². The predicted molar refractivity (Wildman–Crippen MR) is 123 cm³/mol. The second kappa shape index (κ2) is 11.9. The number of amides is 3. The number of carbonyl (C=O) groups excluding carboxylic acids is 3. The summed E-state index contributed by atoms with van der Waals surface area (Å²) in [6.45, 7) is 0.212. The predicted octanol–water partition coefficient (Wildman–Crippen LogP) is -2.60. The van der Waals surface area contributed by atoms with Crippen molar-refractivity contribution in [3.8, 4) is 0 Å². The van der Waals surface area contributed by atoms with Crippen molar-refractivity contribution in [3.05, 3.63) is 0 Å². The quantitative estimate of drug-likeness (QED) is 0.0775. The molecule has 3 fully saturated rings. The Morgan fingerprint density at radius 3 is 2.64 bits per heavy atom. The summed E-state index contributed by atoms with van der Waals surface area (Å²) in [6, 6.07) is -1.43. The molecule has 0 saturated carbocycles. The van der Waals surface area contributed by atoms with E-state index in [0.717, 1.165) is 19.1 Å². The lowest BCUT2D eigenvalue weighted by Gasteiger charge is -2.46. The van der Waals surface area contributed by atoms with Gasteiger partial charge in [0.15, 0.2) is 0 Å². The maximum absolute atomic E-state index is 12.5. The summed E-state index contributed by atoms with van der Waals surface area (Å²) >= 11 is 1.73. The molecule has 3 heterocycles. The first-order valence-electron chi connectivity index (χ1n) is 11.7. The highest BCUT2D eigenvalue weighted by Crippen LogP contribution is 2.35. The zero-order valence-electron chi connectivity index (χ0n) is 19.7. The number of rotatable bonds is 11. The van der Waals surface area contributed by atoms with Gasteiger partial charge in [-0.2, -0.15) is 11.8 Å². The first-order valence-corrected chi connectivity index (χ1v) is 12.8. The van der Waals surface area contributed by atoms with Crippen LogP contribution in [0.3, 0.4) is 0 Å². The molecule has 15 heteroatoms. The zero-order chi connectivity index (χ0) is 26.6. The molecule has 36 heavy (non-hydrogen) atoms. The lowest BCUT2D eigenvalue weighted by atomic mass is 9.88. The summed E-state index contributed by atoms with van der Waals surface area (Å²) in [7, 11) is 0. The first kappa shape index (κ1) is 28.4. The van der Waals surface area contributed by atoms with Gasteiger partial charge in [-0.1, -0.05) is 6.42 Å². The number of hydrogen-bond donors (Lipinski definition) is 8. The molecule has 0 aromatic heterocycles. The molecule has 3 amide bonds. The van der Waals surface area contributed by atoms with Gasteiger partial charge in [0.25, 0.3) is 0 Å². The van der Waals surface area contributed by atoms with Gasteiger partial charge in [-0.25, -0.2) is 9.59 Å². The van der Waals surface area contributed by atoms with Gasteiger partial charge >= 0.3 is 23.8 Å². The fourth-order valence-corrected chi connectivity index (χ4v) is 6.27. The number of carbonyl (C=O) groups is 4. The molecule has 3 aliphatic heterocycles. The normalized spacial score (nSPS) is 35.2. The molecule has 1 unspecified atom stereocenters. The van der Waals surface area contributed by atoms with E-state index in [4.69, 9.17) is 9.47 Å². The van der Waals surface area contributed by atoms with Gasteiger partial charge in [-0.3, -0.25) is 9.59 Å². The van der Waals surface area contributed by atoms with E-state index in [1.807, 2.05) is 0 Å². The fourth-order valence-electron chi connectivity index (χ4n) is 4.72. The Kier molecular flexibility index (Phi) is 9.40. The van der Waals surface area contributed by atoms with E-state index in [2.05, 4.69) is 16.0 Å². The second-order valence-corrected chi connectivity index (χ2v) is 10.5. The van der Waals surface area contributed by atoms with Gasteiger partial charge in [-0.05, 0) is 12.8 Å². The number of ether oxygens (including phenoxy) is 2. The average Bonchev–Trinajstić information content (AvgIpc) is 3.36. The molecule has 0 aromatic carbocycles. The lowest BCUT2D eigenvalue weighted by molar-refractivity contribution is -0.301. The van der Waals surface area contributed by atoms with E-state index >= 15 is 0 Å². The Morgan fingerprint density at radius 2 is 2.00 bits per heavy atom. The summed E-state index contributed by atoms with van der Waals surface area (Å²) in [5, 5.41) is 58.0. The van der Waals surface area contributed by atoms with Gasteiger partial charge < -0.3 is 51.0 Å². The van der Waals surface area contributed by atoms with Crippen molar-refractivity contribution in [3.63, 3.8) is 0 Å². The number of aliphatic hydroxyl groups excluding tert-OH is 4. The first-order chi connectivity index (χ1) is 17.0. The number of unbranched alkanes of at least 4 members (excludes halogenated alkanes) is 1. The summed E-state index contributed by atoms with van der Waals surface area (Å²) in [5.41, 5.74) is 0. The smallest absolute Gasteiger partial charge is 0.377 e. The van der Waals surface area contributed by atoms with Crippen LogP contribution in [0.15, 0.2) is 0 Å². The van der Waals surface area contributed by atoms with E-state index in [-0.39, 0.29) is 29.8 Å². The number of carboxylic acid groups (broad SMARTS) is 1. The van der Waals surface area contributed by atoms with Crippen LogP contribution in [-0.4, -0.2) is 115 Å². The number of aliphatic carboxylic acids is 1. The fraction of sp³-hybridized carbons (Fsp3) is 0.810. The molecule has 0 radical (unpaired) electrons. The molecular weight excluding hydrogens is 502 g/mol. The largest absolute Gasteiger partial charge is 0.476 e. The number of esters is 1. The molecule has 9 atom stereocenters. The monoisotopic (exact) mass is 535 g/mol. The molecule has 14 nitrogen and oxygen atoms in total. The minimum Gasteiger partial charge on any atom is -0.476 e. The molecule has 0 aliphatic carbocycles. The van der Waals surface area contributed by atoms with Crippen molar-refractivity contribution in [1.82, 2.24) is 16.0 Å². The Labute approximate surface area is 211 Å². The average molecular weight is 536 g/mol. The third-order valence-electron chi connectivity index (χ3n) is 6.52. The molecule has 3 saturated heterocycles. The van der Waals surface area contributed by atoms with Crippen LogP contribution < -0.4 is 16.0 Å². The summed E-state index contributed by atoms with van der Waals surface area (Å²) in [4.78, 5) is 47.7. The van der Waals surface area contributed by atoms with Gasteiger partial charge in [0.2, 0.25) is 5.91 Å². The number of thioether (sulfide) groups is 1. The number of nitrogens with one attached hydrogen (secondary N) is 3. The molecule has 3 aliphatic rings. The minimum absolute atomic E-state index is 0.0241. The highest BCUT2D eigenvalue weighted by Gasteiger charge is 2.57. The zero-order valence-corrected chi connectivity index (χ0v) is 20.5. The SMILES string of the molecule is CC(=O)N[C@H]1[C@H]([C@H](O)[C@H](O)CO)O[C@@](OC(=O)CCCCC2SC[C@@H]3NC(=O)N[C@H]23)(C(=O)O)C[C@@H]1O. The Morgan fingerprint density at radius 1 is 1.28 bits per heavy atom. The van der Waals surface area contributed by atoms with Crippen molar-refractivity contribution >= 4 is 35.6 Å². The standard InChI is InChI=1S/C21H33N3O11S/c1-9(26)22-16-11(27)6-21(19(31)32,35-18(16)17(30)12(28)7-25)34-14(29)5-3-2-4-13-15-10(8-36-13)23-20(33)24-15/h10-13,15-18,25,27-28,30H,2-8H2,1H3,(H,22,26)(H,31,32)(H2,23,24,33)/t10-,11-,12+,13?,15-,16+,17+,18+,21+/m0/s1. The number of fused-ring (bicyclic) bond motifs is 1. The van der Waals surface area contributed by atoms with Crippen molar-refractivity contribution in [2.24, 2.45) is 0 Å². The van der Waals surface area contributed by atoms with Crippen LogP contribution in [0, 0.1) is 0 Å². The van der Waals surface area contributed by atoms with Gasteiger partial charge in [0, 0.05) is 24.3 Å². The third kappa shape index (κ3) is 6.39. The lowest BCUT2D eigenvalue weighted by Crippen LogP contribution is -2.68. The summed E-state index contributed by atoms with van der Waals surface area (Å²) in [5.74, 6) is -5.16. The molecule has 3 rings (SSSR count). The second-order valence-electron chi connectivity index (χ2n) is 9.22. The van der Waals surface area contributed by atoms with Gasteiger partial charge in [0.1, 0.15) is 18.3 Å². The van der Waals surface area contributed by atoms with Crippen LogP contribution in [0.5, 0.6) is 0 Å². The molecular formula is C21H33N3O11S. The number of carboxylic acids is 1. The van der Waals surface area contributed by atoms with Gasteiger partial charge in [-0.15, -0.1) is 0 Å². The van der Waals surface area contributed by atoms with Gasteiger partial charge in [0.05, 0.1) is 37.3 Å². The van der Waals surface area contributed by atoms with Crippen LogP contribution in [0.25, 0.3) is 0 Å². The third-order valence-corrected chi connectivity index (χ3v) is 8.03. The van der Waals surface area contributed by atoms with E-state index in [0.29, 0.717) is 12.8 Å². The Bertz CT molecular complexity index is 848. The number of hydrogen-bond acceptors (Lipinski definition) is 11. The molecule has 0 aromatic rings. The van der Waals surface area contributed by atoms with E-state index in [1.165, 1.54) is 0 Å². The van der Waals surface area contributed by atoms with Crippen LogP contribution in [0.4, 0.5) is 4.79 Å². The minimum atomic E-state index is -2.68. The topological polar surface area (TPSA) is 224 Å². The van der Waals surface area contributed by atoms with Crippen LogP contribution in [-0.2, 0) is 23.9 Å². The summed E-state index contributed by atoms with van der Waals surface area (Å²) < 4.78 is 10.6. The maximum Gasteiger partial charge on any atom is 0.377 e. The number of urea groups is 1. The Balaban J connectivity index is 1.60. The van der Waals surface area contributed by atoms with Crippen molar-refractivity contribution in [2.45, 2.75) is 92.6 Å². The molecule has 8 N–H and O–H groups in total. The molecule has 0 spiro atoms. The van der Waals surface area contributed by atoms with Crippen LogP contribution in [0.2, 0.25) is 0 Å². The highest BCUT2D eigenvalue weighted by molar-refractivity contribution is 8.00. The highest BCUT2D eigenvalue weighted by atomic mass is 32.2. The van der Waals surface area contributed by atoms with E-state index in [1.54, 1.807) is 11.8 Å². The molecule has 0 bridgehead atoms. The van der Waals surface area contributed by atoms with Crippen molar-refractivity contribution in [2.75, 3.05) is 12.4 Å². The summed E-state index contributed by atoms with van der Waals surface area (Å²) in [6.07, 6.45) is -6.22. The maximum atomic E-state index is 12.5. The molecule has 204 valence electrons. The van der Waals surface area contributed by atoms with Crippen LogP contribution in [0.1, 0.15) is 39.0 Å². The van der Waals surface area contributed by atoms with Crippen molar-refractivity contribution < 1.29 is 54.2 Å². The Hall–Kier alpha value is -2.17. The van der Waals surface area contributed by atoms with E-state index in [9.17, 15) is 44.7 Å².